The van der Waals surface area contributed by atoms with Crippen molar-refractivity contribution in [2.45, 2.75) is 19.4 Å². The van der Waals surface area contributed by atoms with Gasteiger partial charge in [-0.15, -0.1) is 0 Å². The highest BCUT2D eigenvalue weighted by atomic mass is 16.2. The molecule has 0 saturated heterocycles. The molecule has 0 aromatic rings. The number of likely N-dealkylation sites (N-methyl/N-ethyl adjacent to an activating group) is 1. The molecule has 1 aliphatic rings. The standard InChI is InChI=1S/C7H15N3O/c1-5-3-6(5)10(2)4-7(11)9-8/h5-6H,3-4,8H2,1-2H3,(H,9,11). The van der Waals surface area contributed by atoms with E-state index in [4.69, 9.17) is 5.84 Å². The third-order valence-corrected chi connectivity index (χ3v) is 2.19. The zero-order chi connectivity index (χ0) is 8.43. The summed E-state index contributed by atoms with van der Waals surface area (Å²) in [7, 11) is 1.95. The molecule has 1 fully saturated rings. The van der Waals surface area contributed by atoms with Crippen molar-refractivity contribution in [3.63, 3.8) is 0 Å². The highest BCUT2D eigenvalue weighted by Crippen LogP contribution is 2.33. The Labute approximate surface area is 66.7 Å². The van der Waals surface area contributed by atoms with Gasteiger partial charge in [0.15, 0.2) is 0 Å². The van der Waals surface area contributed by atoms with E-state index in [1.807, 2.05) is 11.9 Å². The lowest BCUT2D eigenvalue weighted by Crippen LogP contribution is -2.39. The first kappa shape index (κ1) is 8.49. The van der Waals surface area contributed by atoms with Gasteiger partial charge in [0.1, 0.15) is 0 Å². The van der Waals surface area contributed by atoms with Crippen LogP contribution in [0.25, 0.3) is 0 Å². The SMILES string of the molecule is CC1CC1N(C)CC(=O)NN. The Kier molecular flexibility index (Phi) is 2.46. The number of rotatable bonds is 3. The molecule has 0 aromatic carbocycles. The Morgan fingerprint density at radius 2 is 2.36 bits per heavy atom. The van der Waals surface area contributed by atoms with Crippen molar-refractivity contribution in [1.29, 1.82) is 0 Å². The number of amides is 1. The van der Waals surface area contributed by atoms with Gasteiger partial charge in [0.05, 0.1) is 6.54 Å². The minimum Gasteiger partial charge on any atom is -0.294 e. The van der Waals surface area contributed by atoms with Gasteiger partial charge in [-0.1, -0.05) is 6.92 Å². The lowest BCUT2D eigenvalue weighted by atomic mass is 10.4. The van der Waals surface area contributed by atoms with E-state index in [-0.39, 0.29) is 5.91 Å². The summed E-state index contributed by atoms with van der Waals surface area (Å²) in [6, 6.07) is 0.590. The van der Waals surface area contributed by atoms with Crippen molar-refractivity contribution in [3.8, 4) is 0 Å². The fraction of sp³-hybridized carbons (Fsp3) is 0.857. The van der Waals surface area contributed by atoms with E-state index in [0.29, 0.717) is 12.6 Å². The summed E-state index contributed by atoms with van der Waals surface area (Å²) in [5.74, 6) is 5.57. The van der Waals surface area contributed by atoms with Gasteiger partial charge < -0.3 is 0 Å². The second-order valence-electron chi connectivity index (χ2n) is 3.26. The Hall–Kier alpha value is -0.610. The van der Waals surface area contributed by atoms with Crippen LogP contribution in [0.3, 0.4) is 0 Å². The fourth-order valence-electron chi connectivity index (χ4n) is 1.31. The zero-order valence-corrected chi connectivity index (χ0v) is 7.00. The fourth-order valence-corrected chi connectivity index (χ4v) is 1.31. The van der Waals surface area contributed by atoms with Gasteiger partial charge in [0.2, 0.25) is 5.91 Å². The van der Waals surface area contributed by atoms with Crippen molar-refractivity contribution >= 4 is 5.91 Å². The summed E-state index contributed by atoms with van der Waals surface area (Å²) in [4.78, 5) is 12.8. The summed E-state index contributed by atoms with van der Waals surface area (Å²) in [6.07, 6.45) is 1.20. The molecule has 0 aromatic heterocycles. The summed E-state index contributed by atoms with van der Waals surface area (Å²) >= 11 is 0. The van der Waals surface area contributed by atoms with Crippen LogP contribution in [0.5, 0.6) is 0 Å². The lowest BCUT2D eigenvalue weighted by molar-refractivity contribution is -0.122. The van der Waals surface area contributed by atoms with Crippen LogP contribution in [-0.4, -0.2) is 30.4 Å². The summed E-state index contributed by atoms with van der Waals surface area (Å²) < 4.78 is 0. The second kappa shape index (κ2) is 3.19. The lowest BCUT2D eigenvalue weighted by Gasteiger charge is -2.14. The Balaban J connectivity index is 2.21. The molecule has 0 radical (unpaired) electrons. The minimum absolute atomic E-state index is 0.119. The molecule has 2 atom stereocenters. The third kappa shape index (κ3) is 2.17. The van der Waals surface area contributed by atoms with Crippen LogP contribution in [0.2, 0.25) is 0 Å². The minimum atomic E-state index is -0.119. The Bertz CT molecular complexity index is 160. The van der Waals surface area contributed by atoms with E-state index in [1.165, 1.54) is 6.42 Å². The maximum Gasteiger partial charge on any atom is 0.248 e. The molecule has 3 N–H and O–H groups in total. The van der Waals surface area contributed by atoms with E-state index in [0.717, 1.165) is 5.92 Å². The van der Waals surface area contributed by atoms with E-state index in [9.17, 15) is 4.79 Å². The van der Waals surface area contributed by atoms with Crippen molar-refractivity contribution in [3.05, 3.63) is 0 Å². The number of nitrogens with zero attached hydrogens (tertiary/aromatic N) is 1. The van der Waals surface area contributed by atoms with E-state index >= 15 is 0 Å². The van der Waals surface area contributed by atoms with Crippen LogP contribution in [0.1, 0.15) is 13.3 Å². The summed E-state index contributed by atoms with van der Waals surface area (Å²) in [5, 5.41) is 0. The maximum atomic E-state index is 10.8. The van der Waals surface area contributed by atoms with Crippen LogP contribution < -0.4 is 11.3 Å². The van der Waals surface area contributed by atoms with Gasteiger partial charge in [-0.3, -0.25) is 15.1 Å². The predicted molar refractivity (Wildman–Crippen MR) is 42.5 cm³/mol. The van der Waals surface area contributed by atoms with Crippen LogP contribution in [0, 0.1) is 5.92 Å². The topological polar surface area (TPSA) is 58.4 Å². The molecular weight excluding hydrogens is 142 g/mol. The first-order valence-electron chi connectivity index (χ1n) is 3.85. The number of nitrogens with one attached hydrogen (secondary N) is 1. The average molecular weight is 157 g/mol. The van der Waals surface area contributed by atoms with E-state index in [2.05, 4.69) is 12.3 Å². The number of carbonyl (C=O) groups is 1. The molecule has 0 heterocycles. The van der Waals surface area contributed by atoms with E-state index in [1.54, 1.807) is 0 Å². The molecule has 0 spiro atoms. The van der Waals surface area contributed by atoms with Gasteiger partial charge in [-0.25, -0.2) is 5.84 Å². The van der Waals surface area contributed by atoms with Crippen LogP contribution >= 0.6 is 0 Å². The largest absolute Gasteiger partial charge is 0.294 e. The first-order valence-corrected chi connectivity index (χ1v) is 3.85. The second-order valence-corrected chi connectivity index (χ2v) is 3.26. The van der Waals surface area contributed by atoms with Crippen molar-refractivity contribution in [2.24, 2.45) is 11.8 Å². The van der Waals surface area contributed by atoms with Crippen LogP contribution in [0.15, 0.2) is 0 Å². The van der Waals surface area contributed by atoms with Gasteiger partial charge in [-0.2, -0.15) is 0 Å². The van der Waals surface area contributed by atoms with Crippen LogP contribution in [-0.2, 0) is 4.79 Å². The molecule has 4 nitrogen and oxygen atoms in total. The highest BCUT2D eigenvalue weighted by Gasteiger charge is 2.36. The number of hydrogen-bond acceptors (Lipinski definition) is 3. The van der Waals surface area contributed by atoms with Gasteiger partial charge in [-0.05, 0) is 19.4 Å². The molecule has 0 aliphatic heterocycles. The molecule has 1 saturated carbocycles. The monoisotopic (exact) mass is 157 g/mol. The Morgan fingerprint density at radius 1 is 1.82 bits per heavy atom. The molecule has 1 rings (SSSR count). The third-order valence-electron chi connectivity index (χ3n) is 2.19. The van der Waals surface area contributed by atoms with Crippen molar-refractivity contribution in [2.75, 3.05) is 13.6 Å². The number of hydrazine groups is 1. The average Bonchev–Trinajstić information content (AvgIpc) is 2.66. The van der Waals surface area contributed by atoms with E-state index < -0.39 is 0 Å². The number of carbonyl (C=O) groups excluding carboxylic acids is 1. The normalized spacial score (nSPS) is 28.7. The number of hydrogen-bond donors (Lipinski definition) is 2. The van der Waals surface area contributed by atoms with Crippen molar-refractivity contribution in [1.82, 2.24) is 10.3 Å². The predicted octanol–water partition coefficient (Wildman–Crippen LogP) is -0.683. The molecule has 1 amide bonds. The molecule has 2 unspecified atom stereocenters. The molecule has 0 bridgehead atoms. The molecule has 4 heteroatoms. The summed E-state index contributed by atoms with van der Waals surface area (Å²) in [6.45, 7) is 2.59. The number of nitrogens with two attached hydrogens (primary N) is 1. The maximum absolute atomic E-state index is 10.8. The molecular formula is C7H15N3O. The molecule has 1 aliphatic carbocycles. The van der Waals surface area contributed by atoms with Gasteiger partial charge in [0, 0.05) is 6.04 Å². The highest BCUT2D eigenvalue weighted by molar-refractivity contribution is 5.77. The van der Waals surface area contributed by atoms with Gasteiger partial charge >= 0.3 is 0 Å². The summed E-state index contributed by atoms with van der Waals surface area (Å²) in [5.41, 5.74) is 2.11. The smallest absolute Gasteiger partial charge is 0.248 e. The zero-order valence-electron chi connectivity index (χ0n) is 7.00. The quantitative estimate of drug-likeness (QED) is 0.324. The first-order chi connectivity index (χ1) is 5.15. The van der Waals surface area contributed by atoms with Crippen LogP contribution in [0.4, 0.5) is 0 Å². The van der Waals surface area contributed by atoms with Crippen molar-refractivity contribution < 1.29 is 4.79 Å². The van der Waals surface area contributed by atoms with Gasteiger partial charge in [0.25, 0.3) is 0 Å². The molecule has 11 heavy (non-hydrogen) atoms. The molecule has 64 valence electrons. The Morgan fingerprint density at radius 3 is 2.73 bits per heavy atom.